The molecule has 156 valence electrons. The zero-order chi connectivity index (χ0) is 20.7. The van der Waals surface area contributed by atoms with Gasteiger partial charge in [0.05, 0.1) is 19.0 Å². The van der Waals surface area contributed by atoms with E-state index < -0.39 is 15.8 Å². The van der Waals surface area contributed by atoms with E-state index in [2.05, 4.69) is 5.32 Å². The third kappa shape index (κ3) is 6.25. The number of benzene rings is 2. The first-order chi connectivity index (χ1) is 13.9. The molecule has 0 spiro atoms. The van der Waals surface area contributed by atoms with Gasteiger partial charge in [0.2, 0.25) is 10.0 Å². The van der Waals surface area contributed by atoms with E-state index >= 15 is 0 Å². The van der Waals surface area contributed by atoms with Crippen LogP contribution in [-0.2, 0) is 31.9 Å². The predicted octanol–water partition coefficient (Wildman–Crippen LogP) is 1.68. The molecule has 0 bridgehead atoms. The van der Waals surface area contributed by atoms with E-state index in [1.807, 2.05) is 0 Å². The fourth-order valence-electron chi connectivity index (χ4n) is 2.93. The zero-order valence-corrected chi connectivity index (χ0v) is 16.7. The molecule has 1 aliphatic heterocycles. The molecule has 29 heavy (non-hydrogen) atoms. The van der Waals surface area contributed by atoms with Gasteiger partial charge >= 0.3 is 0 Å². The van der Waals surface area contributed by atoms with Crippen molar-refractivity contribution < 1.29 is 27.1 Å². The van der Waals surface area contributed by atoms with Gasteiger partial charge in [-0.15, -0.1) is 0 Å². The van der Waals surface area contributed by atoms with Crippen LogP contribution in [0.3, 0.4) is 0 Å². The van der Waals surface area contributed by atoms with Crippen LogP contribution in [0.2, 0.25) is 0 Å². The molecular formula is C20H23FN2O5S. The van der Waals surface area contributed by atoms with Crippen molar-refractivity contribution in [1.29, 1.82) is 0 Å². The standard InChI is InChI=1S/C20H23FN2O5S/c21-18-6-3-7-19(12-18)28-14-20(24)22-13-16-4-1-2-5-17(16)15-29(25,26)23-8-10-27-11-9-23/h1-7,12H,8-11,13-15H2,(H,22,24). The smallest absolute Gasteiger partial charge is 0.258 e. The Hall–Kier alpha value is -2.49. The van der Waals surface area contributed by atoms with Crippen LogP contribution in [0.25, 0.3) is 0 Å². The highest BCUT2D eigenvalue weighted by Gasteiger charge is 2.25. The van der Waals surface area contributed by atoms with E-state index in [0.717, 1.165) is 0 Å². The lowest BCUT2D eigenvalue weighted by Gasteiger charge is -2.26. The number of hydrogen-bond donors (Lipinski definition) is 1. The second kappa shape index (κ2) is 9.82. The summed E-state index contributed by atoms with van der Waals surface area (Å²) in [6.45, 7) is 1.37. The lowest BCUT2D eigenvalue weighted by molar-refractivity contribution is -0.123. The van der Waals surface area contributed by atoms with Crippen LogP contribution in [-0.4, -0.2) is 51.5 Å². The molecule has 9 heteroatoms. The molecule has 2 aromatic carbocycles. The van der Waals surface area contributed by atoms with E-state index in [-0.39, 0.29) is 30.6 Å². The molecule has 0 aromatic heterocycles. The van der Waals surface area contributed by atoms with Crippen LogP contribution in [0.15, 0.2) is 48.5 Å². The molecule has 0 atom stereocenters. The number of carbonyl (C=O) groups is 1. The molecule has 2 aromatic rings. The highest BCUT2D eigenvalue weighted by molar-refractivity contribution is 7.88. The van der Waals surface area contributed by atoms with Crippen molar-refractivity contribution in [2.45, 2.75) is 12.3 Å². The van der Waals surface area contributed by atoms with Crippen LogP contribution in [0.1, 0.15) is 11.1 Å². The third-order valence-electron chi connectivity index (χ3n) is 4.46. The number of rotatable bonds is 8. The Morgan fingerprint density at radius 1 is 1.10 bits per heavy atom. The molecule has 0 aliphatic carbocycles. The number of carbonyl (C=O) groups excluding carboxylic acids is 1. The minimum absolute atomic E-state index is 0.140. The lowest BCUT2D eigenvalue weighted by atomic mass is 10.1. The van der Waals surface area contributed by atoms with Gasteiger partial charge in [-0.1, -0.05) is 30.3 Å². The second-order valence-corrected chi connectivity index (χ2v) is 8.53. The minimum Gasteiger partial charge on any atom is -0.484 e. The van der Waals surface area contributed by atoms with Crippen molar-refractivity contribution in [3.05, 3.63) is 65.5 Å². The minimum atomic E-state index is -3.47. The largest absolute Gasteiger partial charge is 0.484 e. The Labute approximate surface area is 169 Å². The SMILES string of the molecule is O=C(COc1cccc(F)c1)NCc1ccccc1CS(=O)(=O)N1CCOCC1. The van der Waals surface area contributed by atoms with Gasteiger partial charge in [0.25, 0.3) is 5.91 Å². The fourth-order valence-corrected chi connectivity index (χ4v) is 4.50. The quantitative estimate of drug-likeness (QED) is 0.700. The summed E-state index contributed by atoms with van der Waals surface area (Å²) < 4.78 is 50.4. The molecule has 1 amide bonds. The molecule has 1 fully saturated rings. The van der Waals surface area contributed by atoms with E-state index in [1.165, 1.54) is 22.5 Å². The maximum absolute atomic E-state index is 13.1. The van der Waals surface area contributed by atoms with Crippen LogP contribution < -0.4 is 10.1 Å². The number of nitrogens with zero attached hydrogens (tertiary/aromatic N) is 1. The Kier molecular flexibility index (Phi) is 7.18. The molecule has 1 N–H and O–H groups in total. The van der Waals surface area contributed by atoms with Crippen molar-refractivity contribution in [3.8, 4) is 5.75 Å². The normalized spacial score (nSPS) is 15.1. The summed E-state index contributed by atoms with van der Waals surface area (Å²) in [6.07, 6.45) is 0. The Morgan fingerprint density at radius 2 is 1.83 bits per heavy atom. The van der Waals surface area contributed by atoms with Gasteiger partial charge in [-0.3, -0.25) is 4.79 Å². The highest BCUT2D eigenvalue weighted by Crippen LogP contribution is 2.17. The highest BCUT2D eigenvalue weighted by atomic mass is 32.2. The van der Waals surface area contributed by atoms with Gasteiger partial charge in [0, 0.05) is 25.7 Å². The van der Waals surface area contributed by atoms with Crippen LogP contribution in [0.5, 0.6) is 5.75 Å². The Bertz CT molecular complexity index is 945. The molecule has 0 unspecified atom stereocenters. The zero-order valence-electron chi connectivity index (χ0n) is 15.8. The van der Waals surface area contributed by atoms with E-state index in [1.54, 1.807) is 30.3 Å². The van der Waals surface area contributed by atoms with Gasteiger partial charge in [0.15, 0.2) is 6.61 Å². The lowest BCUT2D eigenvalue weighted by Crippen LogP contribution is -2.41. The van der Waals surface area contributed by atoms with E-state index in [0.29, 0.717) is 37.4 Å². The summed E-state index contributed by atoms with van der Waals surface area (Å²) in [5.41, 5.74) is 1.34. The summed E-state index contributed by atoms with van der Waals surface area (Å²) >= 11 is 0. The second-order valence-electron chi connectivity index (χ2n) is 6.56. The molecule has 3 rings (SSSR count). The van der Waals surface area contributed by atoms with Crippen molar-refractivity contribution in [1.82, 2.24) is 9.62 Å². The number of morpholine rings is 1. The first kappa shape index (κ1) is 21.2. The monoisotopic (exact) mass is 422 g/mol. The van der Waals surface area contributed by atoms with Crippen LogP contribution >= 0.6 is 0 Å². The molecule has 1 heterocycles. The summed E-state index contributed by atoms with van der Waals surface area (Å²) in [7, 11) is -3.47. The molecular weight excluding hydrogens is 399 g/mol. The molecule has 0 radical (unpaired) electrons. The van der Waals surface area contributed by atoms with Crippen molar-refractivity contribution in [2.75, 3.05) is 32.9 Å². The summed E-state index contributed by atoms with van der Waals surface area (Å²) in [6, 6.07) is 12.6. The summed E-state index contributed by atoms with van der Waals surface area (Å²) in [5, 5.41) is 2.70. The van der Waals surface area contributed by atoms with Crippen LogP contribution in [0.4, 0.5) is 4.39 Å². The summed E-state index contributed by atoms with van der Waals surface area (Å²) in [5.74, 6) is -0.714. The molecule has 7 nitrogen and oxygen atoms in total. The van der Waals surface area contributed by atoms with Crippen LogP contribution in [0, 0.1) is 5.82 Å². The fraction of sp³-hybridized carbons (Fsp3) is 0.350. The average Bonchev–Trinajstić information content (AvgIpc) is 2.72. The van der Waals surface area contributed by atoms with Gasteiger partial charge in [0.1, 0.15) is 11.6 Å². The van der Waals surface area contributed by atoms with Gasteiger partial charge in [-0.2, -0.15) is 4.31 Å². The van der Waals surface area contributed by atoms with E-state index in [4.69, 9.17) is 9.47 Å². The first-order valence-electron chi connectivity index (χ1n) is 9.21. The van der Waals surface area contributed by atoms with Gasteiger partial charge < -0.3 is 14.8 Å². The van der Waals surface area contributed by atoms with Crippen molar-refractivity contribution in [3.63, 3.8) is 0 Å². The third-order valence-corrected chi connectivity index (χ3v) is 6.29. The Balaban J connectivity index is 1.56. The number of ether oxygens (including phenoxy) is 2. The topological polar surface area (TPSA) is 84.9 Å². The van der Waals surface area contributed by atoms with E-state index in [9.17, 15) is 17.6 Å². The predicted molar refractivity (Wildman–Crippen MR) is 105 cm³/mol. The Morgan fingerprint density at radius 3 is 2.55 bits per heavy atom. The number of sulfonamides is 1. The molecule has 1 aliphatic rings. The molecule has 0 saturated carbocycles. The maximum Gasteiger partial charge on any atom is 0.258 e. The van der Waals surface area contributed by atoms with Crippen molar-refractivity contribution in [2.24, 2.45) is 0 Å². The maximum atomic E-state index is 13.1. The van der Waals surface area contributed by atoms with Gasteiger partial charge in [-0.05, 0) is 23.3 Å². The average molecular weight is 422 g/mol. The number of amides is 1. The van der Waals surface area contributed by atoms with Gasteiger partial charge in [-0.25, -0.2) is 12.8 Å². The number of halogens is 1. The summed E-state index contributed by atoms with van der Waals surface area (Å²) in [4.78, 5) is 12.0. The first-order valence-corrected chi connectivity index (χ1v) is 10.8. The number of hydrogen-bond acceptors (Lipinski definition) is 5. The number of nitrogens with one attached hydrogen (secondary N) is 1. The molecule has 1 saturated heterocycles. The van der Waals surface area contributed by atoms with Crippen molar-refractivity contribution >= 4 is 15.9 Å².